The first-order chi connectivity index (χ1) is 10.5. The molecule has 0 atom stereocenters. The van der Waals surface area contributed by atoms with Crippen LogP contribution in [0.5, 0.6) is 11.5 Å². The maximum Gasteiger partial charge on any atom is 0.285 e. The van der Waals surface area contributed by atoms with Crippen molar-refractivity contribution in [2.75, 3.05) is 19.5 Å². The Morgan fingerprint density at radius 3 is 2.55 bits per heavy atom. The van der Waals surface area contributed by atoms with E-state index in [0.29, 0.717) is 22.7 Å². The zero-order valence-electron chi connectivity index (χ0n) is 12.0. The van der Waals surface area contributed by atoms with Gasteiger partial charge in [-0.1, -0.05) is 12.1 Å². The highest BCUT2D eigenvalue weighted by Crippen LogP contribution is 2.32. The Kier molecular flexibility index (Phi) is 3.50. The van der Waals surface area contributed by atoms with Gasteiger partial charge in [0.15, 0.2) is 5.84 Å². The minimum atomic E-state index is -3.65. The van der Waals surface area contributed by atoms with Gasteiger partial charge in [-0.2, -0.15) is 8.42 Å². The second-order valence-corrected chi connectivity index (χ2v) is 6.17. The van der Waals surface area contributed by atoms with Gasteiger partial charge in [-0.3, -0.25) is 0 Å². The summed E-state index contributed by atoms with van der Waals surface area (Å²) in [5, 5.41) is 3.01. The summed E-state index contributed by atoms with van der Waals surface area (Å²) in [6.45, 7) is 0. The molecule has 2 aromatic carbocycles. The fourth-order valence-electron chi connectivity index (χ4n) is 2.23. The van der Waals surface area contributed by atoms with Crippen molar-refractivity contribution >= 4 is 21.5 Å². The second kappa shape index (κ2) is 5.34. The predicted molar refractivity (Wildman–Crippen MR) is 83.3 cm³/mol. The van der Waals surface area contributed by atoms with Crippen LogP contribution in [0.25, 0.3) is 0 Å². The van der Waals surface area contributed by atoms with Gasteiger partial charge in [-0.15, -0.1) is 4.40 Å². The zero-order chi connectivity index (χ0) is 15.7. The molecule has 0 saturated heterocycles. The Morgan fingerprint density at radius 1 is 1.05 bits per heavy atom. The Bertz CT molecular complexity index is 860. The quantitative estimate of drug-likeness (QED) is 0.939. The number of benzene rings is 2. The molecule has 0 amide bonds. The highest BCUT2D eigenvalue weighted by molar-refractivity contribution is 7.90. The molecule has 1 aliphatic rings. The Morgan fingerprint density at radius 2 is 1.82 bits per heavy atom. The van der Waals surface area contributed by atoms with Gasteiger partial charge in [0.1, 0.15) is 16.4 Å². The summed E-state index contributed by atoms with van der Waals surface area (Å²) in [6.07, 6.45) is 0. The molecule has 2 aromatic rings. The number of nitrogens with one attached hydrogen (secondary N) is 1. The number of sulfonamides is 1. The van der Waals surface area contributed by atoms with Crippen LogP contribution in [0.3, 0.4) is 0 Å². The number of rotatable bonds is 3. The average Bonchev–Trinajstić information content (AvgIpc) is 2.79. The molecule has 0 unspecified atom stereocenters. The molecule has 0 saturated carbocycles. The number of anilines is 1. The molecule has 6 nitrogen and oxygen atoms in total. The number of hydrogen-bond acceptors (Lipinski definition) is 5. The summed E-state index contributed by atoms with van der Waals surface area (Å²) in [6, 6.07) is 11.9. The maximum absolute atomic E-state index is 12.0. The van der Waals surface area contributed by atoms with E-state index in [0.717, 1.165) is 0 Å². The minimum absolute atomic E-state index is 0.199. The van der Waals surface area contributed by atoms with Crippen molar-refractivity contribution in [1.82, 2.24) is 0 Å². The van der Waals surface area contributed by atoms with Crippen LogP contribution in [0.2, 0.25) is 0 Å². The van der Waals surface area contributed by atoms with Crippen LogP contribution >= 0.6 is 0 Å². The third kappa shape index (κ3) is 2.39. The lowest BCUT2D eigenvalue weighted by molar-refractivity contribution is 0.395. The van der Waals surface area contributed by atoms with E-state index in [1.807, 2.05) is 0 Å². The monoisotopic (exact) mass is 318 g/mol. The van der Waals surface area contributed by atoms with Crippen LogP contribution in [0.4, 0.5) is 5.69 Å². The van der Waals surface area contributed by atoms with E-state index in [2.05, 4.69) is 9.71 Å². The van der Waals surface area contributed by atoms with Crippen molar-refractivity contribution < 1.29 is 17.9 Å². The fourth-order valence-corrected chi connectivity index (χ4v) is 3.40. The fraction of sp³-hybridized carbons (Fsp3) is 0.133. The van der Waals surface area contributed by atoms with Crippen molar-refractivity contribution in [2.24, 2.45) is 4.40 Å². The summed E-state index contributed by atoms with van der Waals surface area (Å²) in [4.78, 5) is 0.199. The molecule has 7 heteroatoms. The van der Waals surface area contributed by atoms with Crippen LogP contribution in [-0.2, 0) is 10.0 Å². The van der Waals surface area contributed by atoms with E-state index in [-0.39, 0.29) is 10.7 Å². The standard InChI is InChI=1S/C15H14N2O4S/c1-20-10-7-8-12(13(9-10)21-2)16-15-11-5-3-4-6-14(11)22(18,19)17-15/h3-9H,1-2H3,(H,16,17). The molecule has 22 heavy (non-hydrogen) atoms. The zero-order valence-corrected chi connectivity index (χ0v) is 12.8. The molecular weight excluding hydrogens is 304 g/mol. The van der Waals surface area contributed by atoms with Crippen LogP contribution < -0.4 is 14.8 Å². The van der Waals surface area contributed by atoms with Crippen molar-refractivity contribution in [3.63, 3.8) is 0 Å². The highest BCUT2D eigenvalue weighted by atomic mass is 32.2. The highest BCUT2D eigenvalue weighted by Gasteiger charge is 2.28. The first kappa shape index (κ1) is 14.4. The smallest absolute Gasteiger partial charge is 0.285 e. The van der Waals surface area contributed by atoms with E-state index in [4.69, 9.17) is 9.47 Å². The topological polar surface area (TPSA) is 77.0 Å². The van der Waals surface area contributed by atoms with E-state index < -0.39 is 10.0 Å². The molecule has 3 rings (SSSR count). The van der Waals surface area contributed by atoms with Crippen molar-refractivity contribution in [3.8, 4) is 11.5 Å². The largest absolute Gasteiger partial charge is 0.497 e. The molecule has 0 bridgehead atoms. The summed E-state index contributed by atoms with van der Waals surface area (Å²) >= 11 is 0. The normalized spacial score (nSPS) is 14.9. The van der Waals surface area contributed by atoms with Gasteiger partial charge in [-0.05, 0) is 24.3 Å². The number of amidine groups is 1. The molecule has 0 spiro atoms. The number of ether oxygens (including phenoxy) is 2. The lowest BCUT2D eigenvalue weighted by atomic mass is 10.2. The molecule has 114 valence electrons. The Hall–Kier alpha value is -2.54. The van der Waals surface area contributed by atoms with E-state index in [1.54, 1.807) is 43.5 Å². The summed E-state index contributed by atoms with van der Waals surface area (Å²) in [5.74, 6) is 1.45. The molecule has 0 fully saturated rings. The van der Waals surface area contributed by atoms with Crippen molar-refractivity contribution in [2.45, 2.75) is 4.90 Å². The van der Waals surface area contributed by atoms with Gasteiger partial charge < -0.3 is 14.8 Å². The minimum Gasteiger partial charge on any atom is -0.497 e. The van der Waals surface area contributed by atoms with Gasteiger partial charge in [0, 0.05) is 11.6 Å². The number of nitrogens with zero attached hydrogens (tertiary/aromatic N) is 1. The SMILES string of the molecule is COc1ccc(NC2=NS(=O)(=O)c3ccccc32)c(OC)c1. The van der Waals surface area contributed by atoms with Crippen LogP contribution in [0, 0.1) is 0 Å². The number of fused-ring (bicyclic) bond motifs is 1. The summed E-state index contributed by atoms with van der Waals surface area (Å²) < 4.78 is 38.3. The lowest BCUT2D eigenvalue weighted by Gasteiger charge is -2.12. The second-order valence-electron chi connectivity index (χ2n) is 4.60. The molecule has 0 aromatic heterocycles. The van der Waals surface area contributed by atoms with Gasteiger partial charge in [0.2, 0.25) is 0 Å². The number of hydrogen-bond donors (Lipinski definition) is 1. The van der Waals surface area contributed by atoms with Gasteiger partial charge in [0.25, 0.3) is 10.0 Å². The van der Waals surface area contributed by atoms with E-state index >= 15 is 0 Å². The molecule has 1 N–H and O–H groups in total. The van der Waals surface area contributed by atoms with Crippen LogP contribution in [0.15, 0.2) is 51.8 Å². The Balaban J connectivity index is 2.02. The Labute approximate surface area is 128 Å². The third-order valence-corrected chi connectivity index (χ3v) is 4.63. The summed E-state index contributed by atoms with van der Waals surface area (Å²) in [5.41, 5.74) is 1.15. The molecule has 0 aliphatic carbocycles. The van der Waals surface area contributed by atoms with Gasteiger partial charge >= 0.3 is 0 Å². The molecule has 1 heterocycles. The molecule has 1 aliphatic heterocycles. The average molecular weight is 318 g/mol. The lowest BCUT2D eigenvalue weighted by Crippen LogP contribution is -2.12. The van der Waals surface area contributed by atoms with E-state index in [1.165, 1.54) is 13.2 Å². The van der Waals surface area contributed by atoms with Gasteiger partial charge in [-0.25, -0.2) is 0 Å². The van der Waals surface area contributed by atoms with Gasteiger partial charge in [0.05, 0.1) is 19.9 Å². The first-order valence-electron chi connectivity index (χ1n) is 6.48. The van der Waals surface area contributed by atoms with E-state index in [9.17, 15) is 8.42 Å². The first-order valence-corrected chi connectivity index (χ1v) is 7.92. The third-order valence-electron chi connectivity index (χ3n) is 3.29. The van der Waals surface area contributed by atoms with Crippen molar-refractivity contribution in [3.05, 3.63) is 48.0 Å². The van der Waals surface area contributed by atoms with Crippen LogP contribution in [-0.4, -0.2) is 28.5 Å². The van der Waals surface area contributed by atoms with Crippen molar-refractivity contribution in [1.29, 1.82) is 0 Å². The predicted octanol–water partition coefficient (Wildman–Crippen LogP) is 2.26. The molecule has 0 radical (unpaired) electrons. The maximum atomic E-state index is 12.0. The van der Waals surface area contributed by atoms with Crippen LogP contribution in [0.1, 0.15) is 5.56 Å². The molecular formula is C15H14N2O4S. The number of methoxy groups -OCH3 is 2. The summed E-state index contributed by atoms with van der Waals surface area (Å²) in [7, 11) is -0.557.